The van der Waals surface area contributed by atoms with Gasteiger partial charge in [-0.3, -0.25) is 4.79 Å². The van der Waals surface area contributed by atoms with Crippen LogP contribution in [0.15, 0.2) is 18.2 Å². The lowest BCUT2D eigenvalue weighted by molar-refractivity contribution is 0.0775. The second-order valence-corrected chi connectivity index (χ2v) is 2.89. The monoisotopic (exact) mass is 198 g/mol. The van der Waals surface area contributed by atoms with Crippen LogP contribution in [0.1, 0.15) is 17.3 Å². The van der Waals surface area contributed by atoms with Gasteiger partial charge in [0.2, 0.25) is 0 Å². The Kier molecular flexibility index (Phi) is 3.19. The van der Waals surface area contributed by atoms with Crippen LogP contribution in [0, 0.1) is 5.82 Å². The molecule has 1 aromatic rings. The molecule has 14 heavy (non-hydrogen) atoms. The lowest BCUT2D eigenvalue weighted by atomic mass is 10.1. The highest BCUT2D eigenvalue weighted by molar-refractivity contribution is 5.99. The quantitative estimate of drug-likeness (QED) is 0.747. The van der Waals surface area contributed by atoms with Crippen LogP contribution in [0.3, 0.4) is 0 Å². The first-order chi connectivity index (χ1) is 6.56. The van der Waals surface area contributed by atoms with Crippen molar-refractivity contribution >= 4 is 5.78 Å². The van der Waals surface area contributed by atoms with Gasteiger partial charge in [0.15, 0.2) is 5.78 Å². The van der Waals surface area contributed by atoms with Crippen molar-refractivity contribution in [1.82, 2.24) is 0 Å². The predicted octanol–water partition coefficient (Wildman–Crippen LogP) is 1.40. The zero-order valence-electron chi connectivity index (χ0n) is 7.95. The molecule has 76 valence electrons. The van der Waals surface area contributed by atoms with Gasteiger partial charge in [-0.25, -0.2) is 4.39 Å². The van der Waals surface area contributed by atoms with E-state index in [1.165, 1.54) is 26.2 Å². The molecule has 0 aliphatic carbocycles. The summed E-state index contributed by atoms with van der Waals surface area (Å²) < 4.78 is 18.0. The topological polar surface area (TPSA) is 46.5 Å². The second kappa shape index (κ2) is 4.19. The van der Waals surface area contributed by atoms with Crippen LogP contribution in [0.4, 0.5) is 4.39 Å². The molecule has 0 bridgehead atoms. The van der Waals surface area contributed by atoms with E-state index in [2.05, 4.69) is 0 Å². The third-order valence-corrected chi connectivity index (χ3v) is 1.82. The summed E-state index contributed by atoms with van der Waals surface area (Å²) in [5, 5.41) is 8.98. The molecule has 1 rings (SSSR count). The molecular formula is C10H11FO3. The van der Waals surface area contributed by atoms with Crippen LogP contribution < -0.4 is 4.74 Å². The van der Waals surface area contributed by atoms with E-state index in [4.69, 9.17) is 9.84 Å². The minimum Gasteiger partial charge on any atom is -0.497 e. The smallest absolute Gasteiger partial charge is 0.193 e. The van der Waals surface area contributed by atoms with Crippen LogP contribution in [-0.4, -0.2) is 24.1 Å². The minimum atomic E-state index is -1.20. The first-order valence-corrected chi connectivity index (χ1v) is 4.12. The van der Waals surface area contributed by atoms with E-state index in [-0.39, 0.29) is 5.56 Å². The fraction of sp³-hybridized carbons (Fsp3) is 0.300. The molecule has 0 saturated carbocycles. The predicted molar refractivity (Wildman–Crippen MR) is 49.0 cm³/mol. The Bertz CT molecular complexity index is 347. The molecule has 0 aliphatic rings. The van der Waals surface area contributed by atoms with Gasteiger partial charge in [-0.05, 0) is 19.1 Å². The van der Waals surface area contributed by atoms with Crippen LogP contribution in [0.5, 0.6) is 5.75 Å². The van der Waals surface area contributed by atoms with Crippen molar-refractivity contribution < 1.29 is 19.0 Å². The van der Waals surface area contributed by atoms with Gasteiger partial charge in [0, 0.05) is 6.07 Å². The van der Waals surface area contributed by atoms with E-state index in [0.717, 1.165) is 6.07 Å². The van der Waals surface area contributed by atoms with Crippen LogP contribution in [-0.2, 0) is 0 Å². The molecular weight excluding hydrogens is 187 g/mol. The molecule has 3 nitrogen and oxygen atoms in total. The standard InChI is InChI=1S/C10H11FO3/c1-6(12)10(13)8-4-3-7(14-2)5-9(8)11/h3-6,12H,1-2H3. The fourth-order valence-electron chi connectivity index (χ4n) is 1.05. The summed E-state index contributed by atoms with van der Waals surface area (Å²) >= 11 is 0. The molecule has 4 heteroatoms. The zero-order chi connectivity index (χ0) is 10.7. The maximum atomic E-state index is 13.2. The minimum absolute atomic E-state index is 0.124. The number of rotatable bonds is 3. The van der Waals surface area contributed by atoms with Gasteiger partial charge in [-0.2, -0.15) is 0 Å². The lowest BCUT2D eigenvalue weighted by Gasteiger charge is -2.06. The highest BCUT2D eigenvalue weighted by Gasteiger charge is 2.16. The summed E-state index contributed by atoms with van der Waals surface area (Å²) in [6, 6.07) is 3.87. The largest absolute Gasteiger partial charge is 0.497 e. The SMILES string of the molecule is COc1ccc(C(=O)C(C)O)c(F)c1. The van der Waals surface area contributed by atoms with Crippen molar-refractivity contribution in [3.05, 3.63) is 29.6 Å². The van der Waals surface area contributed by atoms with Gasteiger partial charge in [0.05, 0.1) is 12.7 Å². The van der Waals surface area contributed by atoms with Crippen molar-refractivity contribution in [3.63, 3.8) is 0 Å². The number of halogens is 1. The normalized spacial score (nSPS) is 12.3. The Balaban J connectivity index is 3.06. The number of carbonyl (C=O) groups is 1. The maximum Gasteiger partial charge on any atom is 0.193 e. The molecule has 1 aromatic carbocycles. The van der Waals surface area contributed by atoms with Crippen LogP contribution in [0.25, 0.3) is 0 Å². The average Bonchev–Trinajstić information content (AvgIpc) is 2.16. The average molecular weight is 198 g/mol. The van der Waals surface area contributed by atoms with E-state index in [1.54, 1.807) is 0 Å². The Hall–Kier alpha value is -1.42. The number of methoxy groups -OCH3 is 1. The summed E-state index contributed by atoms with van der Waals surface area (Å²) in [6.07, 6.45) is -1.20. The molecule has 0 aliphatic heterocycles. The van der Waals surface area contributed by atoms with Gasteiger partial charge >= 0.3 is 0 Å². The van der Waals surface area contributed by atoms with Gasteiger partial charge in [0.25, 0.3) is 0 Å². The summed E-state index contributed by atoms with van der Waals surface area (Å²) in [5.41, 5.74) is -0.124. The third-order valence-electron chi connectivity index (χ3n) is 1.82. The number of carbonyl (C=O) groups excluding carboxylic acids is 1. The van der Waals surface area contributed by atoms with E-state index in [9.17, 15) is 9.18 Å². The number of Topliss-reactive ketones (excluding diaryl/α,β-unsaturated/α-hetero) is 1. The summed E-state index contributed by atoms with van der Waals surface area (Å²) in [5.74, 6) is -0.981. The van der Waals surface area contributed by atoms with Crippen molar-refractivity contribution in [1.29, 1.82) is 0 Å². The van der Waals surface area contributed by atoms with Gasteiger partial charge in [-0.1, -0.05) is 0 Å². The molecule has 1 atom stereocenters. The molecule has 1 unspecified atom stereocenters. The Morgan fingerprint density at radius 2 is 2.21 bits per heavy atom. The summed E-state index contributed by atoms with van der Waals surface area (Å²) in [4.78, 5) is 11.2. The molecule has 0 heterocycles. The van der Waals surface area contributed by atoms with Gasteiger partial charge < -0.3 is 9.84 Å². The van der Waals surface area contributed by atoms with Crippen LogP contribution in [0.2, 0.25) is 0 Å². The van der Waals surface area contributed by atoms with Crippen LogP contribution >= 0.6 is 0 Å². The van der Waals surface area contributed by atoms with Gasteiger partial charge in [0.1, 0.15) is 17.7 Å². The molecule has 0 amide bonds. The van der Waals surface area contributed by atoms with Crippen molar-refractivity contribution in [2.45, 2.75) is 13.0 Å². The molecule has 0 aromatic heterocycles. The molecule has 0 spiro atoms. The lowest BCUT2D eigenvalue weighted by Crippen LogP contribution is -2.17. The second-order valence-electron chi connectivity index (χ2n) is 2.89. The van der Waals surface area contributed by atoms with Crippen molar-refractivity contribution in [2.75, 3.05) is 7.11 Å². The first kappa shape index (κ1) is 10.7. The summed E-state index contributed by atoms with van der Waals surface area (Å²) in [7, 11) is 1.41. The number of ether oxygens (including phenoxy) is 1. The zero-order valence-corrected chi connectivity index (χ0v) is 7.95. The Morgan fingerprint density at radius 3 is 2.64 bits per heavy atom. The Morgan fingerprint density at radius 1 is 1.57 bits per heavy atom. The summed E-state index contributed by atoms with van der Waals surface area (Å²) in [6.45, 7) is 1.30. The highest BCUT2D eigenvalue weighted by Crippen LogP contribution is 2.17. The molecule has 0 fully saturated rings. The fourth-order valence-corrected chi connectivity index (χ4v) is 1.05. The van der Waals surface area contributed by atoms with E-state index >= 15 is 0 Å². The number of ketones is 1. The first-order valence-electron chi connectivity index (χ1n) is 4.12. The van der Waals surface area contributed by atoms with Crippen molar-refractivity contribution in [2.24, 2.45) is 0 Å². The number of hydrogen-bond acceptors (Lipinski definition) is 3. The van der Waals surface area contributed by atoms with Gasteiger partial charge in [-0.15, -0.1) is 0 Å². The van der Waals surface area contributed by atoms with E-state index < -0.39 is 17.7 Å². The number of aliphatic hydroxyl groups excluding tert-OH is 1. The van der Waals surface area contributed by atoms with E-state index in [0.29, 0.717) is 5.75 Å². The maximum absolute atomic E-state index is 13.2. The molecule has 0 saturated heterocycles. The molecule has 1 N–H and O–H groups in total. The van der Waals surface area contributed by atoms with E-state index in [1.807, 2.05) is 0 Å². The number of hydrogen-bond donors (Lipinski definition) is 1. The Labute approximate surface area is 81.1 Å². The van der Waals surface area contributed by atoms with Crippen molar-refractivity contribution in [3.8, 4) is 5.75 Å². The number of aliphatic hydroxyl groups is 1. The number of benzene rings is 1. The molecule has 0 radical (unpaired) electrons. The third kappa shape index (κ3) is 2.09. The highest BCUT2D eigenvalue weighted by atomic mass is 19.1.